The molecule has 3 N–H and O–H groups in total. The number of hydrogen-bond acceptors (Lipinski definition) is 4. The highest BCUT2D eigenvalue weighted by Gasteiger charge is 2.23. The molecule has 4 nitrogen and oxygen atoms in total. The molecule has 2 unspecified atom stereocenters. The molecule has 0 radical (unpaired) electrons. The van der Waals surface area contributed by atoms with E-state index in [9.17, 15) is 5.11 Å². The zero-order valence-corrected chi connectivity index (χ0v) is 11.9. The lowest BCUT2D eigenvalue weighted by atomic mass is 10.0. The van der Waals surface area contributed by atoms with Gasteiger partial charge in [-0.25, -0.2) is 0 Å². The first-order valence-corrected chi connectivity index (χ1v) is 6.99. The molecule has 1 aromatic carbocycles. The molecule has 0 aliphatic carbocycles. The molecule has 2 atom stereocenters. The van der Waals surface area contributed by atoms with Gasteiger partial charge in [-0.2, -0.15) is 0 Å². The summed E-state index contributed by atoms with van der Waals surface area (Å²) in [5, 5.41) is 10.3. The van der Waals surface area contributed by atoms with Gasteiger partial charge in [0.05, 0.1) is 6.10 Å². The Balaban J connectivity index is 1.95. The summed E-state index contributed by atoms with van der Waals surface area (Å²) in [5.74, 6) is 0. The first-order valence-electron chi connectivity index (χ1n) is 6.99. The summed E-state index contributed by atoms with van der Waals surface area (Å²) in [4.78, 5) is 4.61. The Morgan fingerprint density at radius 2 is 2.21 bits per heavy atom. The number of nitrogens with zero attached hydrogens (tertiary/aromatic N) is 2. The second kappa shape index (κ2) is 6.37. The zero-order valence-electron chi connectivity index (χ0n) is 11.9. The topological polar surface area (TPSA) is 52.7 Å². The number of piperidine rings is 1. The van der Waals surface area contributed by atoms with E-state index in [0.717, 1.165) is 12.1 Å². The second-order valence-corrected chi connectivity index (χ2v) is 5.64. The normalized spacial score (nSPS) is 22.6. The van der Waals surface area contributed by atoms with Gasteiger partial charge in [0.15, 0.2) is 0 Å². The third-order valence-corrected chi connectivity index (χ3v) is 4.04. The van der Waals surface area contributed by atoms with E-state index in [1.165, 1.54) is 19.4 Å². The fraction of sp³-hybridized carbons (Fsp3) is 0.600. The van der Waals surface area contributed by atoms with Gasteiger partial charge < -0.3 is 15.7 Å². The van der Waals surface area contributed by atoms with Crippen LogP contribution >= 0.6 is 0 Å². The van der Waals surface area contributed by atoms with Gasteiger partial charge in [-0.3, -0.25) is 4.90 Å². The highest BCUT2D eigenvalue weighted by atomic mass is 16.3. The molecule has 106 valence electrons. The molecule has 1 saturated heterocycles. The van der Waals surface area contributed by atoms with Crippen molar-refractivity contribution in [2.45, 2.75) is 25.0 Å². The quantitative estimate of drug-likeness (QED) is 0.805. The van der Waals surface area contributed by atoms with E-state index in [1.807, 2.05) is 24.3 Å². The monoisotopic (exact) mass is 263 g/mol. The lowest BCUT2D eigenvalue weighted by Crippen LogP contribution is -2.46. The number of aliphatic hydroxyl groups is 1. The van der Waals surface area contributed by atoms with Crippen LogP contribution in [0.15, 0.2) is 24.3 Å². The molecule has 0 aromatic heterocycles. The van der Waals surface area contributed by atoms with E-state index in [4.69, 9.17) is 5.73 Å². The highest BCUT2D eigenvalue weighted by Crippen LogP contribution is 2.22. The van der Waals surface area contributed by atoms with Crippen LogP contribution in [-0.2, 0) is 0 Å². The molecule has 1 aliphatic heterocycles. The van der Waals surface area contributed by atoms with Gasteiger partial charge in [0, 0.05) is 30.4 Å². The van der Waals surface area contributed by atoms with Crippen molar-refractivity contribution in [1.29, 1.82) is 0 Å². The molecule has 0 bridgehead atoms. The van der Waals surface area contributed by atoms with Crippen LogP contribution in [0.5, 0.6) is 0 Å². The van der Waals surface area contributed by atoms with Crippen molar-refractivity contribution in [2.24, 2.45) is 0 Å². The van der Waals surface area contributed by atoms with E-state index in [1.54, 1.807) is 0 Å². The number of aliphatic hydroxyl groups excluding tert-OH is 1. The molecule has 1 aliphatic rings. The minimum Gasteiger partial charge on any atom is -0.398 e. The third-order valence-electron chi connectivity index (χ3n) is 4.04. The molecular formula is C15H25N3O. The maximum atomic E-state index is 10.3. The third kappa shape index (κ3) is 3.69. The second-order valence-electron chi connectivity index (χ2n) is 5.64. The number of nitrogen functional groups attached to an aromatic ring is 1. The maximum absolute atomic E-state index is 10.3. The minimum absolute atomic E-state index is 0.515. The Morgan fingerprint density at radius 1 is 1.47 bits per heavy atom. The number of anilines is 1. The molecule has 0 spiro atoms. The highest BCUT2D eigenvalue weighted by molar-refractivity contribution is 5.47. The van der Waals surface area contributed by atoms with E-state index in [0.29, 0.717) is 18.3 Å². The first kappa shape index (κ1) is 14.3. The summed E-state index contributed by atoms with van der Waals surface area (Å²) < 4.78 is 0. The number of likely N-dealkylation sites (N-methyl/N-ethyl adjacent to an activating group) is 2. The fourth-order valence-corrected chi connectivity index (χ4v) is 2.83. The summed E-state index contributed by atoms with van der Waals surface area (Å²) in [6, 6.07) is 8.08. The molecule has 4 heteroatoms. The van der Waals surface area contributed by atoms with Gasteiger partial charge in [0.1, 0.15) is 0 Å². The summed E-state index contributed by atoms with van der Waals surface area (Å²) in [6.45, 7) is 2.89. The van der Waals surface area contributed by atoms with Crippen molar-refractivity contribution in [3.8, 4) is 0 Å². The van der Waals surface area contributed by atoms with Crippen LogP contribution < -0.4 is 5.73 Å². The van der Waals surface area contributed by atoms with Crippen LogP contribution in [0.2, 0.25) is 0 Å². The van der Waals surface area contributed by atoms with Crippen LogP contribution in [-0.4, -0.2) is 54.7 Å². The van der Waals surface area contributed by atoms with Crippen LogP contribution in [0, 0.1) is 0 Å². The van der Waals surface area contributed by atoms with Crippen LogP contribution in [0.4, 0.5) is 5.69 Å². The summed E-state index contributed by atoms with van der Waals surface area (Å²) in [5.41, 5.74) is 7.41. The van der Waals surface area contributed by atoms with E-state index in [-0.39, 0.29) is 0 Å². The Morgan fingerprint density at radius 3 is 2.89 bits per heavy atom. The van der Waals surface area contributed by atoms with Gasteiger partial charge in [-0.05, 0) is 39.5 Å². The fourth-order valence-electron chi connectivity index (χ4n) is 2.83. The lowest BCUT2D eigenvalue weighted by Gasteiger charge is -2.36. The zero-order chi connectivity index (χ0) is 13.8. The van der Waals surface area contributed by atoms with Crippen LogP contribution in [0.1, 0.15) is 24.5 Å². The van der Waals surface area contributed by atoms with Gasteiger partial charge in [-0.1, -0.05) is 18.2 Å². The molecule has 1 heterocycles. The summed E-state index contributed by atoms with van der Waals surface area (Å²) >= 11 is 0. The van der Waals surface area contributed by atoms with E-state index >= 15 is 0 Å². The smallest absolute Gasteiger partial charge is 0.0936 e. The van der Waals surface area contributed by atoms with Crippen molar-refractivity contribution in [1.82, 2.24) is 9.80 Å². The number of nitrogens with two attached hydrogens (primary N) is 1. The number of para-hydroxylation sites is 1. The van der Waals surface area contributed by atoms with Crippen molar-refractivity contribution < 1.29 is 5.11 Å². The predicted molar refractivity (Wildman–Crippen MR) is 79.0 cm³/mol. The minimum atomic E-state index is -0.515. The van der Waals surface area contributed by atoms with Crippen LogP contribution in [0.25, 0.3) is 0 Å². The molecule has 1 aromatic rings. The van der Waals surface area contributed by atoms with Crippen molar-refractivity contribution in [3.63, 3.8) is 0 Å². The Hall–Kier alpha value is -1.10. The van der Waals surface area contributed by atoms with Crippen molar-refractivity contribution in [3.05, 3.63) is 29.8 Å². The first-order chi connectivity index (χ1) is 9.08. The number of likely N-dealkylation sites (tertiary alicyclic amines) is 1. The Bertz CT molecular complexity index is 410. The molecule has 0 saturated carbocycles. The molecule has 19 heavy (non-hydrogen) atoms. The standard InChI is InChI=1S/C15H25N3O/c1-17-9-5-6-12(10-17)18(2)11-15(19)13-7-3-4-8-14(13)16/h3-4,7-8,12,15,19H,5-6,9-11,16H2,1-2H3. The SMILES string of the molecule is CN1CCCC(N(C)CC(O)c2ccccc2N)C1. The van der Waals surface area contributed by atoms with Crippen molar-refractivity contribution >= 4 is 5.69 Å². The largest absolute Gasteiger partial charge is 0.398 e. The predicted octanol–water partition coefficient (Wildman–Crippen LogP) is 1.33. The molecule has 1 fully saturated rings. The van der Waals surface area contributed by atoms with Gasteiger partial charge in [0.2, 0.25) is 0 Å². The molecule has 0 amide bonds. The summed E-state index contributed by atoms with van der Waals surface area (Å²) in [7, 11) is 4.25. The number of hydrogen-bond donors (Lipinski definition) is 2. The van der Waals surface area contributed by atoms with Crippen LogP contribution in [0.3, 0.4) is 0 Å². The summed E-state index contributed by atoms with van der Waals surface area (Å²) in [6.07, 6.45) is 1.92. The average Bonchev–Trinajstić information content (AvgIpc) is 2.39. The van der Waals surface area contributed by atoms with Crippen molar-refractivity contribution in [2.75, 3.05) is 39.5 Å². The van der Waals surface area contributed by atoms with E-state index in [2.05, 4.69) is 23.9 Å². The van der Waals surface area contributed by atoms with E-state index < -0.39 is 6.10 Å². The Labute approximate surface area is 115 Å². The maximum Gasteiger partial charge on any atom is 0.0936 e. The van der Waals surface area contributed by atoms with Gasteiger partial charge in [0.25, 0.3) is 0 Å². The molecule has 2 rings (SSSR count). The number of benzene rings is 1. The Kier molecular flexibility index (Phi) is 4.80. The molecular weight excluding hydrogens is 238 g/mol. The lowest BCUT2D eigenvalue weighted by molar-refractivity contribution is 0.0745. The number of rotatable bonds is 4. The van der Waals surface area contributed by atoms with Gasteiger partial charge in [-0.15, -0.1) is 0 Å². The van der Waals surface area contributed by atoms with Gasteiger partial charge >= 0.3 is 0 Å². The average molecular weight is 263 g/mol.